The number of thioether (sulfide) groups is 1. The molecule has 0 bridgehead atoms. The minimum absolute atomic E-state index is 0.140. The highest BCUT2D eigenvalue weighted by atomic mass is 32.2. The van der Waals surface area contributed by atoms with Crippen molar-refractivity contribution in [3.8, 4) is 0 Å². The highest BCUT2D eigenvalue weighted by Gasteiger charge is 2.38. The predicted molar refractivity (Wildman–Crippen MR) is 222 cm³/mol. The van der Waals surface area contributed by atoms with Crippen molar-refractivity contribution in [3.05, 3.63) is 88.4 Å². The molecule has 15 heteroatoms. The number of carbonyl (C=O) groups excluding carboxylic acids is 3. The Morgan fingerprint density at radius 1 is 0.964 bits per heavy atom. The van der Waals surface area contributed by atoms with E-state index in [0.717, 1.165) is 29.1 Å². The van der Waals surface area contributed by atoms with E-state index in [0.29, 0.717) is 69.2 Å². The number of aliphatic imine (C=N–C) groups is 1. The Labute approximate surface area is 339 Å². The van der Waals surface area contributed by atoms with E-state index in [9.17, 15) is 19.5 Å². The molecule has 304 valence electrons. The van der Waals surface area contributed by atoms with Crippen LogP contribution in [0.25, 0.3) is 0 Å². The number of benzene rings is 2. The van der Waals surface area contributed by atoms with Gasteiger partial charge in [0.05, 0.1) is 34.2 Å². The van der Waals surface area contributed by atoms with Crippen molar-refractivity contribution in [1.29, 1.82) is 0 Å². The second-order valence-corrected chi connectivity index (χ2v) is 17.3. The fourth-order valence-corrected chi connectivity index (χ4v) is 8.53. The summed E-state index contributed by atoms with van der Waals surface area (Å²) in [4.78, 5) is 54.6. The van der Waals surface area contributed by atoms with Crippen LogP contribution in [0, 0.1) is 0 Å². The third-order valence-corrected chi connectivity index (χ3v) is 12.2. The van der Waals surface area contributed by atoms with Gasteiger partial charge in [-0.3, -0.25) is 19.7 Å². The number of morpholine rings is 1. The van der Waals surface area contributed by atoms with Crippen LogP contribution >= 0.6 is 23.1 Å². The van der Waals surface area contributed by atoms with Gasteiger partial charge in [-0.1, -0.05) is 60.7 Å². The molecule has 1 fully saturated rings. The Kier molecular flexibility index (Phi) is 16.1. The lowest BCUT2D eigenvalue weighted by molar-refractivity contribution is -0.124. The van der Waals surface area contributed by atoms with E-state index >= 15 is 0 Å². The fraction of sp³-hybridized carbons (Fsp3) is 0.537. The van der Waals surface area contributed by atoms with Crippen LogP contribution in [0.3, 0.4) is 0 Å². The van der Waals surface area contributed by atoms with Crippen LogP contribution in [0.1, 0.15) is 56.0 Å². The number of carbonyl (C=O) groups is 3. The summed E-state index contributed by atoms with van der Waals surface area (Å²) in [5, 5.41) is 20.6. The maximum atomic E-state index is 14.3. The van der Waals surface area contributed by atoms with Crippen LogP contribution in [0.5, 0.6) is 0 Å². The van der Waals surface area contributed by atoms with Gasteiger partial charge in [-0.05, 0) is 64.0 Å². The Bertz CT molecular complexity index is 1700. The lowest BCUT2D eigenvalue weighted by atomic mass is 9.95. The number of nitrogens with one attached hydrogen (secondary N) is 3. The van der Waals surface area contributed by atoms with Gasteiger partial charge in [-0.15, -0.1) is 23.1 Å². The molecule has 2 aromatic carbocycles. The maximum absolute atomic E-state index is 14.3. The summed E-state index contributed by atoms with van der Waals surface area (Å²) in [6.45, 7) is 9.26. The summed E-state index contributed by atoms with van der Waals surface area (Å²) < 4.78 is 11.1. The molecule has 0 saturated carbocycles. The number of rotatable bonds is 19. The normalized spacial score (nSPS) is 19.0. The quantitative estimate of drug-likeness (QED) is 0.132. The standard InChI is InChI=1S/C41H57N7O6S2/c1-40(2,52)37-46-41(3,28-55-37)27-47(4)38(50)45-35(17-18-48-19-21-53-22-20-48)36(49)43-32(23-30-11-7-5-8-12-30)15-16-33(24-31-13-9-6-10-14-31)44-39(51)54-26-34-25-42-29-56-34/h5-14,25,29,32-33,35,52H,15-24,26-28H2,1-4H3,(H,43,49)(H,44,51)(H,45,50)/t32-,33-,35+,41?/m1/s1. The topological polar surface area (TPSA) is 158 Å². The molecular weight excluding hydrogens is 751 g/mol. The molecule has 0 spiro atoms. The highest BCUT2D eigenvalue weighted by molar-refractivity contribution is 8.14. The average Bonchev–Trinajstić information content (AvgIpc) is 3.86. The van der Waals surface area contributed by atoms with Crippen LogP contribution in [-0.2, 0) is 33.7 Å². The Hall–Kier alpha value is -4.02. The van der Waals surface area contributed by atoms with Crippen molar-refractivity contribution in [1.82, 2.24) is 30.7 Å². The monoisotopic (exact) mass is 807 g/mol. The summed E-state index contributed by atoms with van der Waals surface area (Å²) in [6.07, 6.45) is 3.89. The van der Waals surface area contributed by atoms with E-state index in [1.165, 1.54) is 23.1 Å². The van der Waals surface area contributed by atoms with Gasteiger partial charge in [0.1, 0.15) is 18.2 Å². The van der Waals surface area contributed by atoms with E-state index < -0.39 is 23.3 Å². The molecular formula is C41H57N7O6S2. The largest absolute Gasteiger partial charge is 0.444 e. The van der Waals surface area contributed by atoms with E-state index in [1.54, 1.807) is 37.5 Å². The summed E-state index contributed by atoms with van der Waals surface area (Å²) in [7, 11) is 1.71. The van der Waals surface area contributed by atoms with Crippen LogP contribution in [0.2, 0.25) is 0 Å². The van der Waals surface area contributed by atoms with Crippen molar-refractivity contribution < 1.29 is 29.0 Å². The molecule has 1 aromatic heterocycles. The van der Waals surface area contributed by atoms with Crippen molar-refractivity contribution in [3.63, 3.8) is 0 Å². The number of alkyl carbamates (subject to hydrolysis) is 1. The lowest BCUT2D eigenvalue weighted by Crippen LogP contribution is -2.55. The lowest BCUT2D eigenvalue weighted by Gasteiger charge is -2.31. The van der Waals surface area contributed by atoms with Gasteiger partial charge in [-0.2, -0.15) is 0 Å². The van der Waals surface area contributed by atoms with Crippen molar-refractivity contribution >= 4 is 46.2 Å². The smallest absolute Gasteiger partial charge is 0.407 e. The zero-order valence-electron chi connectivity index (χ0n) is 32.9. The molecule has 1 unspecified atom stereocenters. The summed E-state index contributed by atoms with van der Waals surface area (Å²) in [5.41, 5.74) is 2.22. The number of ether oxygens (including phenoxy) is 2. The Balaban J connectivity index is 1.28. The molecule has 5 rings (SSSR count). The SMILES string of the molecule is CN(CC1(C)CSC(C(C)(C)O)=N1)C(=O)N[C@@H](CCN1CCOCC1)C(=O)N[C@H](CC[C@H](Cc1ccccc1)NC(=O)OCc1cncs1)Cc1ccccc1. The number of hydrogen-bond donors (Lipinski definition) is 4. The van der Waals surface area contributed by atoms with Crippen molar-refractivity contribution in [2.75, 3.05) is 52.2 Å². The number of likely N-dealkylation sites (N-methyl/N-ethyl adjacent to an activating group) is 1. The first-order valence-electron chi connectivity index (χ1n) is 19.3. The zero-order chi connectivity index (χ0) is 40.0. The fourth-order valence-electron chi connectivity index (χ4n) is 6.79. The second kappa shape index (κ2) is 20.9. The van der Waals surface area contributed by atoms with Gasteiger partial charge in [0.25, 0.3) is 0 Å². The van der Waals surface area contributed by atoms with Gasteiger partial charge in [-0.25, -0.2) is 9.59 Å². The first kappa shape index (κ1) is 43.1. The van der Waals surface area contributed by atoms with Crippen LogP contribution in [0.4, 0.5) is 9.59 Å². The molecule has 1 saturated heterocycles. The summed E-state index contributed by atoms with van der Waals surface area (Å²) in [6, 6.07) is 18.3. The molecule has 4 N–H and O–H groups in total. The van der Waals surface area contributed by atoms with Crippen LogP contribution < -0.4 is 16.0 Å². The number of urea groups is 1. The highest BCUT2D eigenvalue weighted by Crippen LogP contribution is 2.33. The molecule has 2 aliphatic rings. The minimum Gasteiger partial charge on any atom is -0.444 e. The number of thiazole rings is 1. The molecule has 3 aromatic rings. The van der Waals surface area contributed by atoms with Crippen LogP contribution in [0.15, 0.2) is 77.4 Å². The molecule has 56 heavy (non-hydrogen) atoms. The predicted octanol–water partition coefficient (Wildman–Crippen LogP) is 4.90. The van der Waals surface area contributed by atoms with Crippen molar-refractivity contribution in [2.45, 2.75) is 88.7 Å². The summed E-state index contributed by atoms with van der Waals surface area (Å²) in [5.74, 6) is 0.373. The molecule has 2 aliphatic heterocycles. The van der Waals surface area contributed by atoms with E-state index in [-0.39, 0.29) is 30.6 Å². The van der Waals surface area contributed by atoms with Gasteiger partial charge in [0, 0.05) is 57.3 Å². The summed E-state index contributed by atoms with van der Waals surface area (Å²) >= 11 is 2.93. The van der Waals surface area contributed by atoms with E-state index in [4.69, 9.17) is 14.5 Å². The van der Waals surface area contributed by atoms with Crippen molar-refractivity contribution in [2.24, 2.45) is 4.99 Å². The van der Waals surface area contributed by atoms with Crippen LogP contribution in [-0.4, -0.2) is 124 Å². The van der Waals surface area contributed by atoms with Gasteiger partial charge < -0.3 is 35.4 Å². The first-order valence-corrected chi connectivity index (χ1v) is 21.2. The Morgan fingerprint density at radius 2 is 1.59 bits per heavy atom. The molecule has 4 atom stereocenters. The first-order chi connectivity index (χ1) is 26.8. The number of aliphatic hydroxyl groups is 1. The number of amides is 4. The third-order valence-electron chi connectivity index (χ3n) is 9.80. The van der Waals surface area contributed by atoms with Gasteiger partial charge >= 0.3 is 12.1 Å². The average molecular weight is 808 g/mol. The van der Waals surface area contributed by atoms with Gasteiger partial charge in [0.15, 0.2) is 0 Å². The maximum Gasteiger partial charge on any atom is 0.407 e. The van der Waals surface area contributed by atoms with E-state index in [2.05, 4.69) is 25.8 Å². The minimum atomic E-state index is -1.05. The second-order valence-electron chi connectivity index (χ2n) is 15.4. The number of hydrogen-bond acceptors (Lipinski definition) is 11. The molecule has 4 amide bonds. The number of aromatic nitrogens is 1. The zero-order valence-corrected chi connectivity index (χ0v) is 34.6. The third kappa shape index (κ3) is 14.2. The molecule has 3 heterocycles. The molecule has 0 radical (unpaired) electrons. The Morgan fingerprint density at radius 3 is 2.16 bits per heavy atom. The van der Waals surface area contributed by atoms with E-state index in [1.807, 2.05) is 67.6 Å². The molecule has 0 aliphatic carbocycles. The number of nitrogens with zero attached hydrogens (tertiary/aromatic N) is 4. The van der Waals surface area contributed by atoms with Gasteiger partial charge in [0.2, 0.25) is 5.91 Å². The molecule has 13 nitrogen and oxygen atoms in total.